The van der Waals surface area contributed by atoms with Crippen LogP contribution in [-0.4, -0.2) is 12.7 Å². The Morgan fingerprint density at radius 1 is 1.10 bits per heavy atom. The van der Waals surface area contributed by atoms with Gasteiger partial charge < -0.3 is 4.74 Å². The topological polar surface area (TPSA) is 12.5 Å². The molecule has 0 N–H and O–H groups in total. The molecule has 0 bridgehead atoms. The van der Waals surface area contributed by atoms with Crippen LogP contribution in [0.5, 0.6) is 0 Å². The summed E-state index contributed by atoms with van der Waals surface area (Å²) >= 11 is 0. The van der Waals surface area contributed by atoms with Crippen LogP contribution in [0.15, 0.2) is 0 Å². The largest absolute Gasteiger partial charge is 0.373 e. The third-order valence-electron chi connectivity index (χ3n) is 2.77. The van der Waals surface area contributed by atoms with E-state index < -0.39 is 0 Å². The van der Waals surface area contributed by atoms with Crippen molar-refractivity contribution in [1.29, 1.82) is 0 Å². The van der Waals surface area contributed by atoms with Gasteiger partial charge in [-0.1, -0.05) is 25.7 Å². The maximum atomic E-state index is 5.17. The van der Waals surface area contributed by atoms with Gasteiger partial charge in [-0.05, 0) is 18.8 Å². The van der Waals surface area contributed by atoms with Crippen molar-refractivity contribution in [2.24, 2.45) is 5.92 Å². The van der Waals surface area contributed by atoms with Crippen LogP contribution >= 0.6 is 0 Å². The van der Waals surface area contributed by atoms with E-state index in [-0.39, 0.29) is 0 Å². The first-order chi connectivity index (χ1) is 4.95. The van der Waals surface area contributed by atoms with Crippen LogP contribution in [0.2, 0.25) is 0 Å². The zero-order valence-electron chi connectivity index (χ0n) is 6.51. The predicted octanol–water partition coefficient (Wildman–Crippen LogP) is 2.36. The highest BCUT2D eigenvalue weighted by Gasteiger charge is 2.24. The summed E-state index contributed by atoms with van der Waals surface area (Å²) in [5, 5.41) is 0. The van der Waals surface area contributed by atoms with Crippen molar-refractivity contribution in [2.75, 3.05) is 6.61 Å². The maximum Gasteiger partial charge on any atom is 0.0810 e. The Labute approximate surface area is 62.8 Å². The highest BCUT2D eigenvalue weighted by atomic mass is 16.6. The normalized spacial score (nSPS) is 33.0. The summed E-state index contributed by atoms with van der Waals surface area (Å²) in [6, 6.07) is 0. The summed E-state index contributed by atoms with van der Waals surface area (Å²) in [7, 11) is 0. The molecule has 0 spiro atoms. The molecule has 0 radical (unpaired) electrons. The Balaban J connectivity index is 1.59. The first-order valence-corrected chi connectivity index (χ1v) is 4.57. The zero-order chi connectivity index (χ0) is 6.81. The molecular formula is C9H16O. The average Bonchev–Trinajstić information content (AvgIpc) is 2.63. The Bertz CT molecular complexity index is 101. The summed E-state index contributed by atoms with van der Waals surface area (Å²) < 4.78 is 5.17. The second-order valence-electron chi connectivity index (χ2n) is 3.68. The molecule has 0 aromatic carbocycles. The Kier molecular flexibility index (Phi) is 1.94. The molecule has 1 saturated heterocycles. The lowest BCUT2D eigenvalue weighted by Gasteiger charge is -2.05. The molecule has 1 unspecified atom stereocenters. The summed E-state index contributed by atoms with van der Waals surface area (Å²) in [5.41, 5.74) is 0. The van der Waals surface area contributed by atoms with Crippen molar-refractivity contribution in [3.8, 4) is 0 Å². The number of epoxide rings is 1. The number of hydrogen-bond donors (Lipinski definition) is 0. The lowest BCUT2D eigenvalue weighted by atomic mass is 10.0. The molecular weight excluding hydrogens is 124 g/mol. The van der Waals surface area contributed by atoms with Crippen molar-refractivity contribution in [3.63, 3.8) is 0 Å². The Hall–Kier alpha value is -0.0400. The van der Waals surface area contributed by atoms with Gasteiger partial charge in [0.15, 0.2) is 0 Å². The first-order valence-electron chi connectivity index (χ1n) is 4.57. The molecule has 1 nitrogen and oxygen atoms in total. The molecule has 1 saturated carbocycles. The van der Waals surface area contributed by atoms with Crippen LogP contribution in [0.4, 0.5) is 0 Å². The summed E-state index contributed by atoms with van der Waals surface area (Å²) in [5.74, 6) is 1.06. The quantitative estimate of drug-likeness (QED) is 0.548. The van der Waals surface area contributed by atoms with E-state index in [2.05, 4.69) is 0 Å². The van der Waals surface area contributed by atoms with Crippen LogP contribution in [0.25, 0.3) is 0 Å². The van der Waals surface area contributed by atoms with Crippen molar-refractivity contribution >= 4 is 0 Å². The van der Waals surface area contributed by atoms with Gasteiger partial charge >= 0.3 is 0 Å². The van der Waals surface area contributed by atoms with Crippen molar-refractivity contribution < 1.29 is 4.74 Å². The third-order valence-corrected chi connectivity index (χ3v) is 2.77. The van der Waals surface area contributed by atoms with Crippen LogP contribution in [0, 0.1) is 5.92 Å². The Morgan fingerprint density at radius 3 is 2.40 bits per heavy atom. The van der Waals surface area contributed by atoms with Gasteiger partial charge in [-0.3, -0.25) is 0 Å². The second-order valence-corrected chi connectivity index (χ2v) is 3.68. The van der Waals surface area contributed by atoms with Gasteiger partial charge in [-0.2, -0.15) is 0 Å². The van der Waals surface area contributed by atoms with Gasteiger partial charge in [0.25, 0.3) is 0 Å². The van der Waals surface area contributed by atoms with Crippen LogP contribution in [0.3, 0.4) is 0 Å². The van der Waals surface area contributed by atoms with E-state index in [4.69, 9.17) is 4.74 Å². The first kappa shape index (κ1) is 6.66. The number of ether oxygens (including phenoxy) is 1. The van der Waals surface area contributed by atoms with E-state index in [0.29, 0.717) is 6.10 Å². The lowest BCUT2D eigenvalue weighted by Crippen LogP contribution is -1.95. The van der Waals surface area contributed by atoms with Gasteiger partial charge in [0.2, 0.25) is 0 Å². The molecule has 1 aliphatic heterocycles. The monoisotopic (exact) mass is 140 g/mol. The standard InChI is InChI=1S/C9H16O/c1-2-4-8(3-1)5-6-9-7-10-9/h8-9H,1-7H2. The minimum atomic E-state index is 0.667. The summed E-state index contributed by atoms with van der Waals surface area (Å²) in [6.45, 7) is 1.05. The average molecular weight is 140 g/mol. The smallest absolute Gasteiger partial charge is 0.0810 e. The lowest BCUT2D eigenvalue weighted by molar-refractivity contribution is 0.368. The molecule has 0 aromatic rings. The van der Waals surface area contributed by atoms with E-state index in [1.54, 1.807) is 0 Å². The molecule has 0 aromatic heterocycles. The number of rotatable bonds is 3. The van der Waals surface area contributed by atoms with Gasteiger partial charge in [-0.25, -0.2) is 0 Å². The fourth-order valence-electron chi connectivity index (χ4n) is 1.96. The van der Waals surface area contributed by atoms with Gasteiger partial charge in [-0.15, -0.1) is 0 Å². The second kappa shape index (κ2) is 2.91. The Morgan fingerprint density at radius 2 is 1.80 bits per heavy atom. The minimum Gasteiger partial charge on any atom is -0.373 e. The van der Waals surface area contributed by atoms with E-state index in [9.17, 15) is 0 Å². The van der Waals surface area contributed by atoms with E-state index in [1.165, 1.54) is 38.5 Å². The van der Waals surface area contributed by atoms with Gasteiger partial charge in [0, 0.05) is 0 Å². The van der Waals surface area contributed by atoms with E-state index in [0.717, 1.165) is 12.5 Å². The summed E-state index contributed by atoms with van der Waals surface area (Å²) in [6.07, 6.45) is 9.39. The van der Waals surface area contributed by atoms with Crippen LogP contribution in [-0.2, 0) is 4.74 Å². The van der Waals surface area contributed by atoms with Crippen LogP contribution < -0.4 is 0 Å². The molecule has 2 aliphatic rings. The molecule has 58 valence electrons. The zero-order valence-corrected chi connectivity index (χ0v) is 6.51. The molecule has 10 heavy (non-hydrogen) atoms. The molecule has 1 atom stereocenters. The predicted molar refractivity (Wildman–Crippen MR) is 40.9 cm³/mol. The fraction of sp³-hybridized carbons (Fsp3) is 1.00. The molecule has 2 rings (SSSR count). The molecule has 0 amide bonds. The van der Waals surface area contributed by atoms with Gasteiger partial charge in [0.05, 0.1) is 12.7 Å². The molecule has 1 heterocycles. The SMILES string of the molecule is C1CCC(CCC2CO2)C1. The van der Waals surface area contributed by atoms with E-state index in [1.807, 2.05) is 0 Å². The number of hydrogen-bond acceptors (Lipinski definition) is 1. The molecule has 2 fully saturated rings. The highest BCUT2D eigenvalue weighted by molar-refractivity contribution is 4.73. The fourth-order valence-corrected chi connectivity index (χ4v) is 1.96. The maximum absolute atomic E-state index is 5.17. The van der Waals surface area contributed by atoms with Gasteiger partial charge in [0.1, 0.15) is 0 Å². The van der Waals surface area contributed by atoms with Crippen molar-refractivity contribution in [2.45, 2.75) is 44.6 Å². The third kappa shape index (κ3) is 1.72. The van der Waals surface area contributed by atoms with Crippen molar-refractivity contribution in [3.05, 3.63) is 0 Å². The van der Waals surface area contributed by atoms with E-state index >= 15 is 0 Å². The van der Waals surface area contributed by atoms with Crippen molar-refractivity contribution in [1.82, 2.24) is 0 Å². The van der Waals surface area contributed by atoms with Crippen LogP contribution in [0.1, 0.15) is 38.5 Å². The highest BCUT2D eigenvalue weighted by Crippen LogP contribution is 2.30. The minimum absolute atomic E-state index is 0.667. The summed E-state index contributed by atoms with van der Waals surface area (Å²) in [4.78, 5) is 0. The molecule has 1 aliphatic carbocycles. The molecule has 1 heteroatoms.